The average Bonchev–Trinajstić information content (AvgIpc) is 1.82. The van der Waals surface area contributed by atoms with Crippen LogP contribution in [-0.4, -0.2) is 22.2 Å². The second-order valence-electron chi connectivity index (χ2n) is 2.64. The van der Waals surface area contributed by atoms with E-state index in [0.29, 0.717) is 6.42 Å². The SMILES string of the molecule is C[C@@H](CCC(=O)O)CC(=O)O. The molecule has 0 radical (unpaired) electrons. The van der Waals surface area contributed by atoms with Gasteiger partial charge >= 0.3 is 11.9 Å². The molecule has 4 nitrogen and oxygen atoms in total. The van der Waals surface area contributed by atoms with Crippen molar-refractivity contribution in [2.45, 2.75) is 26.2 Å². The molecule has 0 aromatic carbocycles. The van der Waals surface area contributed by atoms with Gasteiger partial charge in [-0.05, 0) is 12.3 Å². The summed E-state index contributed by atoms with van der Waals surface area (Å²) in [5.41, 5.74) is 0. The van der Waals surface area contributed by atoms with Crippen molar-refractivity contribution in [1.82, 2.24) is 0 Å². The number of aliphatic carboxylic acids is 2. The van der Waals surface area contributed by atoms with E-state index in [9.17, 15) is 9.59 Å². The molecule has 11 heavy (non-hydrogen) atoms. The van der Waals surface area contributed by atoms with Crippen LogP contribution < -0.4 is 0 Å². The van der Waals surface area contributed by atoms with Crippen LogP contribution in [0.2, 0.25) is 0 Å². The lowest BCUT2D eigenvalue weighted by Crippen LogP contribution is -2.06. The molecular weight excluding hydrogens is 148 g/mol. The van der Waals surface area contributed by atoms with E-state index in [1.54, 1.807) is 6.92 Å². The molecule has 0 aliphatic rings. The minimum absolute atomic E-state index is 0.0489. The second kappa shape index (κ2) is 4.71. The summed E-state index contributed by atoms with van der Waals surface area (Å²) in [6.07, 6.45) is 0.531. The van der Waals surface area contributed by atoms with Crippen LogP contribution in [0.4, 0.5) is 0 Å². The third-order valence-corrected chi connectivity index (χ3v) is 1.37. The molecular formula is C7H12O4. The van der Waals surface area contributed by atoms with Gasteiger partial charge in [-0.3, -0.25) is 9.59 Å². The quantitative estimate of drug-likeness (QED) is 0.628. The molecule has 0 aliphatic carbocycles. The van der Waals surface area contributed by atoms with Crippen LogP contribution in [0, 0.1) is 5.92 Å². The molecule has 0 unspecified atom stereocenters. The van der Waals surface area contributed by atoms with Crippen LogP contribution in [0.5, 0.6) is 0 Å². The van der Waals surface area contributed by atoms with Gasteiger partial charge < -0.3 is 10.2 Å². The summed E-state index contributed by atoms with van der Waals surface area (Å²) in [5, 5.41) is 16.6. The van der Waals surface area contributed by atoms with Crippen molar-refractivity contribution in [2.24, 2.45) is 5.92 Å². The van der Waals surface area contributed by atoms with E-state index in [1.807, 2.05) is 0 Å². The zero-order chi connectivity index (χ0) is 8.85. The first kappa shape index (κ1) is 9.94. The molecule has 4 heteroatoms. The van der Waals surface area contributed by atoms with E-state index in [4.69, 9.17) is 10.2 Å². The zero-order valence-electron chi connectivity index (χ0n) is 6.41. The Labute approximate surface area is 64.8 Å². The molecule has 0 rings (SSSR count). The van der Waals surface area contributed by atoms with Crippen LogP contribution in [0.1, 0.15) is 26.2 Å². The lowest BCUT2D eigenvalue weighted by atomic mass is 10.0. The Kier molecular flexibility index (Phi) is 4.26. The van der Waals surface area contributed by atoms with Crippen LogP contribution in [0.25, 0.3) is 0 Å². The predicted molar refractivity (Wildman–Crippen MR) is 38.3 cm³/mol. The monoisotopic (exact) mass is 160 g/mol. The van der Waals surface area contributed by atoms with E-state index in [-0.39, 0.29) is 18.8 Å². The van der Waals surface area contributed by atoms with Crippen molar-refractivity contribution in [3.05, 3.63) is 0 Å². The molecule has 0 aromatic heterocycles. The molecule has 0 fully saturated rings. The van der Waals surface area contributed by atoms with Crippen LogP contribution in [0.15, 0.2) is 0 Å². The summed E-state index contributed by atoms with van der Waals surface area (Å²) in [7, 11) is 0. The molecule has 64 valence electrons. The maximum absolute atomic E-state index is 10.1. The number of carboxylic acid groups (broad SMARTS) is 2. The third-order valence-electron chi connectivity index (χ3n) is 1.37. The first-order chi connectivity index (χ1) is 5.02. The maximum Gasteiger partial charge on any atom is 0.303 e. The van der Waals surface area contributed by atoms with Crippen molar-refractivity contribution >= 4 is 11.9 Å². The number of rotatable bonds is 5. The highest BCUT2D eigenvalue weighted by Gasteiger charge is 2.08. The Hall–Kier alpha value is -1.06. The van der Waals surface area contributed by atoms with Gasteiger partial charge in [-0.1, -0.05) is 6.92 Å². The largest absolute Gasteiger partial charge is 0.481 e. The first-order valence-corrected chi connectivity index (χ1v) is 3.46. The highest BCUT2D eigenvalue weighted by atomic mass is 16.4. The number of carbonyl (C=O) groups is 2. The van der Waals surface area contributed by atoms with Gasteiger partial charge in [0.05, 0.1) is 0 Å². The first-order valence-electron chi connectivity index (χ1n) is 3.46. The van der Waals surface area contributed by atoms with E-state index in [1.165, 1.54) is 0 Å². The lowest BCUT2D eigenvalue weighted by Gasteiger charge is -2.04. The molecule has 0 aliphatic heterocycles. The van der Waals surface area contributed by atoms with Gasteiger partial charge in [0.2, 0.25) is 0 Å². The van der Waals surface area contributed by atoms with E-state index < -0.39 is 11.9 Å². The number of carboxylic acids is 2. The van der Waals surface area contributed by atoms with Crippen molar-refractivity contribution in [3.8, 4) is 0 Å². The normalized spacial score (nSPS) is 12.5. The molecule has 0 bridgehead atoms. The fraction of sp³-hybridized carbons (Fsp3) is 0.714. The average molecular weight is 160 g/mol. The second-order valence-corrected chi connectivity index (χ2v) is 2.64. The van der Waals surface area contributed by atoms with E-state index in [0.717, 1.165) is 0 Å². The van der Waals surface area contributed by atoms with E-state index in [2.05, 4.69) is 0 Å². The minimum atomic E-state index is -0.873. The topological polar surface area (TPSA) is 74.6 Å². The predicted octanol–water partition coefficient (Wildman–Crippen LogP) is 0.962. The van der Waals surface area contributed by atoms with Gasteiger partial charge in [0.15, 0.2) is 0 Å². The smallest absolute Gasteiger partial charge is 0.303 e. The maximum atomic E-state index is 10.1. The molecule has 2 N–H and O–H groups in total. The Bertz CT molecular complexity index is 153. The van der Waals surface area contributed by atoms with Crippen molar-refractivity contribution in [1.29, 1.82) is 0 Å². The third kappa shape index (κ3) is 6.83. The summed E-state index contributed by atoms with van der Waals surface area (Å²) in [4.78, 5) is 20.1. The summed E-state index contributed by atoms with van der Waals surface area (Å²) < 4.78 is 0. The molecule has 0 aromatic rings. The van der Waals surface area contributed by atoms with Crippen molar-refractivity contribution in [2.75, 3.05) is 0 Å². The van der Waals surface area contributed by atoms with Gasteiger partial charge in [0, 0.05) is 12.8 Å². The van der Waals surface area contributed by atoms with Crippen LogP contribution in [-0.2, 0) is 9.59 Å². The number of hydrogen-bond acceptors (Lipinski definition) is 2. The van der Waals surface area contributed by atoms with Gasteiger partial charge in [0.1, 0.15) is 0 Å². The van der Waals surface area contributed by atoms with Gasteiger partial charge in [-0.15, -0.1) is 0 Å². The fourth-order valence-electron chi connectivity index (χ4n) is 0.770. The summed E-state index contributed by atoms with van der Waals surface area (Å²) in [5.74, 6) is -1.80. The Morgan fingerprint density at radius 1 is 1.27 bits per heavy atom. The Balaban J connectivity index is 3.44. The molecule has 0 amide bonds. The highest BCUT2D eigenvalue weighted by Crippen LogP contribution is 2.09. The standard InChI is InChI=1S/C7H12O4/c1-5(4-7(10)11)2-3-6(8)9/h5H,2-4H2,1H3,(H,8,9)(H,10,11)/t5-/m0/s1. The van der Waals surface area contributed by atoms with E-state index >= 15 is 0 Å². The highest BCUT2D eigenvalue weighted by molar-refractivity contribution is 5.68. The Morgan fingerprint density at radius 3 is 2.18 bits per heavy atom. The summed E-state index contributed by atoms with van der Waals surface area (Å²) in [6, 6.07) is 0. The van der Waals surface area contributed by atoms with Crippen LogP contribution >= 0.6 is 0 Å². The number of hydrogen-bond donors (Lipinski definition) is 2. The van der Waals surface area contributed by atoms with Crippen molar-refractivity contribution in [3.63, 3.8) is 0 Å². The van der Waals surface area contributed by atoms with Crippen LogP contribution in [0.3, 0.4) is 0 Å². The summed E-state index contributed by atoms with van der Waals surface area (Å²) in [6.45, 7) is 1.73. The lowest BCUT2D eigenvalue weighted by molar-refractivity contribution is -0.140. The molecule has 1 atom stereocenters. The Morgan fingerprint density at radius 2 is 1.82 bits per heavy atom. The molecule has 0 spiro atoms. The summed E-state index contributed by atoms with van der Waals surface area (Å²) >= 11 is 0. The minimum Gasteiger partial charge on any atom is -0.481 e. The van der Waals surface area contributed by atoms with Crippen molar-refractivity contribution < 1.29 is 19.8 Å². The molecule has 0 saturated heterocycles. The fourth-order valence-corrected chi connectivity index (χ4v) is 0.770. The molecule has 0 heterocycles. The zero-order valence-corrected chi connectivity index (χ0v) is 6.41. The van der Waals surface area contributed by atoms with Gasteiger partial charge in [-0.25, -0.2) is 0 Å². The van der Waals surface area contributed by atoms with Gasteiger partial charge in [-0.2, -0.15) is 0 Å². The molecule has 0 saturated carbocycles. The van der Waals surface area contributed by atoms with Gasteiger partial charge in [0.25, 0.3) is 0 Å².